The van der Waals surface area contributed by atoms with Crippen LogP contribution in [0, 0.1) is 5.82 Å². The van der Waals surface area contributed by atoms with Crippen LogP contribution in [-0.4, -0.2) is 39.8 Å². The third-order valence-electron chi connectivity index (χ3n) is 4.55. The summed E-state index contributed by atoms with van der Waals surface area (Å²) in [5, 5.41) is 0. The lowest BCUT2D eigenvalue weighted by Crippen LogP contribution is -2.36. The fourth-order valence-electron chi connectivity index (χ4n) is 2.86. The first-order chi connectivity index (χ1) is 12.9. The van der Waals surface area contributed by atoms with E-state index in [0.717, 1.165) is 12.8 Å². The van der Waals surface area contributed by atoms with E-state index in [0.29, 0.717) is 11.1 Å². The molecule has 0 unspecified atom stereocenters. The summed E-state index contributed by atoms with van der Waals surface area (Å²) in [6.07, 6.45) is 3.25. The standard InChI is InChI=1S/C20H21FN2O4/c1-13(24)15-9-18(22(2)10-15)20(26)27-12-19(25)23(16-7-8-16)11-14-5-3-4-6-17(14)21/h3-6,9-10,16H,7-8,11-12H2,1-2H3. The molecule has 27 heavy (non-hydrogen) atoms. The Morgan fingerprint density at radius 3 is 2.56 bits per heavy atom. The van der Waals surface area contributed by atoms with Gasteiger partial charge in [-0.15, -0.1) is 0 Å². The molecule has 1 saturated carbocycles. The molecule has 1 heterocycles. The van der Waals surface area contributed by atoms with E-state index < -0.39 is 12.6 Å². The minimum atomic E-state index is -0.681. The van der Waals surface area contributed by atoms with Gasteiger partial charge in [-0.25, -0.2) is 9.18 Å². The SMILES string of the molecule is CC(=O)c1cc(C(=O)OCC(=O)N(Cc2ccccc2F)C2CC2)n(C)c1. The predicted octanol–water partition coefficient (Wildman–Crippen LogP) is 2.71. The summed E-state index contributed by atoms with van der Waals surface area (Å²) in [5.74, 6) is -1.57. The van der Waals surface area contributed by atoms with Gasteiger partial charge in [0.15, 0.2) is 12.4 Å². The molecule has 0 saturated heterocycles. The molecule has 1 fully saturated rings. The second-order valence-corrected chi connectivity index (χ2v) is 6.70. The molecular weight excluding hydrogens is 351 g/mol. The number of ether oxygens (including phenoxy) is 1. The van der Waals surface area contributed by atoms with Crippen LogP contribution in [-0.2, 0) is 23.1 Å². The van der Waals surface area contributed by atoms with Crippen molar-refractivity contribution in [1.82, 2.24) is 9.47 Å². The number of aromatic nitrogens is 1. The van der Waals surface area contributed by atoms with Crippen LogP contribution < -0.4 is 0 Å². The zero-order chi connectivity index (χ0) is 19.6. The number of carbonyl (C=O) groups is 3. The molecule has 3 rings (SSSR count). The van der Waals surface area contributed by atoms with Crippen LogP contribution in [0.2, 0.25) is 0 Å². The van der Waals surface area contributed by atoms with Crippen molar-refractivity contribution in [3.8, 4) is 0 Å². The molecular formula is C20H21FN2O4. The van der Waals surface area contributed by atoms with E-state index in [4.69, 9.17) is 4.74 Å². The van der Waals surface area contributed by atoms with Crippen molar-refractivity contribution < 1.29 is 23.5 Å². The van der Waals surface area contributed by atoms with Crippen molar-refractivity contribution in [2.75, 3.05) is 6.61 Å². The van der Waals surface area contributed by atoms with Crippen molar-refractivity contribution in [1.29, 1.82) is 0 Å². The summed E-state index contributed by atoms with van der Waals surface area (Å²) >= 11 is 0. The van der Waals surface area contributed by atoms with Gasteiger partial charge in [0.1, 0.15) is 11.5 Å². The van der Waals surface area contributed by atoms with E-state index in [2.05, 4.69) is 0 Å². The van der Waals surface area contributed by atoms with Crippen LogP contribution in [0.25, 0.3) is 0 Å². The molecule has 7 heteroatoms. The van der Waals surface area contributed by atoms with Gasteiger partial charge in [-0.3, -0.25) is 9.59 Å². The lowest BCUT2D eigenvalue weighted by molar-refractivity contribution is -0.135. The average molecular weight is 372 g/mol. The quantitative estimate of drug-likeness (QED) is 0.554. The highest BCUT2D eigenvalue weighted by Gasteiger charge is 2.33. The normalized spacial score (nSPS) is 13.3. The molecule has 1 aromatic carbocycles. The topological polar surface area (TPSA) is 68.6 Å². The summed E-state index contributed by atoms with van der Waals surface area (Å²) in [7, 11) is 1.62. The number of Topliss-reactive ketones (excluding diaryl/α,β-unsaturated/α-hetero) is 1. The van der Waals surface area contributed by atoms with Crippen LogP contribution >= 0.6 is 0 Å². The van der Waals surface area contributed by atoms with E-state index in [1.807, 2.05) is 0 Å². The predicted molar refractivity (Wildman–Crippen MR) is 95.7 cm³/mol. The molecule has 0 N–H and O–H groups in total. The van der Waals surface area contributed by atoms with Crippen molar-refractivity contribution in [2.45, 2.75) is 32.4 Å². The van der Waals surface area contributed by atoms with Gasteiger partial charge in [-0.1, -0.05) is 18.2 Å². The maximum atomic E-state index is 13.9. The van der Waals surface area contributed by atoms with Gasteiger partial charge in [-0.2, -0.15) is 0 Å². The Kier molecular flexibility index (Phi) is 5.39. The molecule has 0 aliphatic heterocycles. The monoisotopic (exact) mass is 372 g/mol. The number of carbonyl (C=O) groups excluding carboxylic acids is 3. The average Bonchev–Trinajstić information content (AvgIpc) is 3.39. The number of aryl methyl sites for hydroxylation is 1. The number of hydrogen-bond donors (Lipinski definition) is 0. The maximum absolute atomic E-state index is 13.9. The molecule has 1 amide bonds. The number of amides is 1. The third kappa shape index (κ3) is 4.42. The Morgan fingerprint density at radius 1 is 1.26 bits per heavy atom. The number of rotatable bonds is 7. The van der Waals surface area contributed by atoms with Crippen molar-refractivity contribution in [2.24, 2.45) is 7.05 Å². The Morgan fingerprint density at radius 2 is 1.96 bits per heavy atom. The molecule has 1 aliphatic carbocycles. The van der Waals surface area contributed by atoms with E-state index >= 15 is 0 Å². The van der Waals surface area contributed by atoms with Gasteiger partial charge in [0.2, 0.25) is 0 Å². The van der Waals surface area contributed by atoms with E-state index in [-0.39, 0.29) is 35.8 Å². The minimum absolute atomic E-state index is 0.0511. The molecule has 6 nitrogen and oxygen atoms in total. The second-order valence-electron chi connectivity index (χ2n) is 6.70. The molecule has 142 valence electrons. The second kappa shape index (κ2) is 7.73. The number of esters is 1. The summed E-state index contributed by atoms with van der Waals surface area (Å²) < 4.78 is 20.5. The summed E-state index contributed by atoms with van der Waals surface area (Å²) in [6.45, 7) is 1.13. The van der Waals surface area contributed by atoms with Gasteiger partial charge >= 0.3 is 5.97 Å². The third-order valence-corrected chi connectivity index (χ3v) is 4.55. The smallest absolute Gasteiger partial charge is 0.355 e. The molecule has 0 radical (unpaired) electrons. The lowest BCUT2D eigenvalue weighted by atomic mass is 10.2. The zero-order valence-corrected chi connectivity index (χ0v) is 15.3. The number of halogens is 1. The summed E-state index contributed by atoms with van der Waals surface area (Å²) in [6, 6.07) is 7.79. The van der Waals surface area contributed by atoms with E-state index in [1.54, 1.807) is 30.1 Å². The highest BCUT2D eigenvalue weighted by molar-refractivity contribution is 5.98. The Hall–Kier alpha value is -2.96. The molecule has 0 spiro atoms. The zero-order valence-electron chi connectivity index (χ0n) is 15.3. The molecule has 0 atom stereocenters. The molecule has 2 aromatic rings. The van der Waals surface area contributed by atoms with Gasteiger partial charge in [0, 0.05) is 37.0 Å². The number of ketones is 1. The maximum Gasteiger partial charge on any atom is 0.355 e. The first-order valence-corrected chi connectivity index (χ1v) is 8.74. The highest BCUT2D eigenvalue weighted by atomic mass is 19.1. The fourth-order valence-corrected chi connectivity index (χ4v) is 2.86. The van der Waals surface area contributed by atoms with Crippen LogP contribution in [0.3, 0.4) is 0 Å². The Labute approximate surface area is 156 Å². The minimum Gasteiger partial charge on any atom is -0.451 e. The number of hydrogen-bond acceptors (Lipinski definition) is 4. The Bertz CT molecular complexity index is 886. The Balaban J connectivity index is 1.64. The first-order valence-electron chi connectivity index (χ1n) is 8.74. The van der Waals surface area contributed by atoms with Crippen LogP contribution in [0.1, 0.15) is 46.2 Å². The largest absolute Gasteiger partial charge is 0.451 e. The number of nitrogens with zero attached hydrogens (tertiary/aromatic N) is 2. The van der Waals surface area contributed by atoms with Crippen molar-refractivity contribution in [3.05, 3.63) is 59.2 Å². The van der Waals surface area contributed by atoms with Gasteiger partial charge in [0.25, 0.3) is 5.91 Å². The van der Waals surface area contributed by atoms with Gasteiger partial charge < -0.3 is 14.2 Å². The van der Waals surface area contributed by atoms with E-state index in [1.165, 1.54) is 29.8 Å². The van der Waals surface area contributed by atoms with Crippen molar-refractivity contribution >= 4 is 17.7 Å². The number of benzene rings is 1. The summed E-state index contributed by atoms with van der Waals surface area (Å²) in [5.41, 5.74) is 1.02. The van der Waals surface area contributed by atoms with Crippen LogP contribution in [0.15, 0.2) is 36.5 Å². The fraction of sp³-hybridized carbons (Fsp3) is 0.350. The molecule has 1 aliphatic rings. The van der Waals surface area contributed by atoms with Crippen LogP contribution in [0.4, 0.5) is 4.39 Å². The summed E-state index contributed by atoms with van der Waals surface area (Å²) in [4.78, 5) is 37.7. The lowest BCUT2D eigenvalue weighted by Gasteiger charge is -2.22. The van der Waals surface area contributed by atoms with Crippen LogP contribution in [0.5, 0.6) is 0 Å². The van der Waals surface area contributed by atoms with E-state index in [9.17, 15) is 18.8 Å². The van der Waals surface area contributed by atoms with Gasteiger partial charge in [0.05, 0.1) is 0 Å². The molecule has 1 aromatic heterocycles. The van der Waals surface area contributed by atoms with Crippen molar-refractivity contribution in [3.63, 3.8) is 0 Å². The van der Waals surface area contributed by atoms with Gasteiger partial charge in [-0.05, 0) is 31.9 Å². The first kappa shape index (κ1) is 18.8. The molecule has 0 bridgehead atoms. The highest BCUT2D eigenvalue weighted by Crippen LogP contribution is 2.29.